The quantitative estimate of drug-likeness (QED) is 0.388. The van der Waals surface area contributed by atoms with E-state index < -0.39 is 0 Å². The van der Waals surface area contributed by atoms with Crippen molar-refractivity contribution in [1.82, 2.24) is 0 Å². The van der Waals surface area contributed by atoms with Crippen LogP contribution in [-0.4, -0.2) is 58.4 Å². The normalized spacial score (nSPS) is 22.5. The number of nitrogens with zero attached hydrogens (tertiary/aromatic N) is 2. The Hall–Kier alpha value is -3.67. The second kappa shape index (κ2) is 12.0. The van der Waals surface area contributed by atoms with E-state index in [4.69, 9.17) is 9.47 Å². The van der Waals surface area contributed by atoms with E-state index in [-0.39, 0.29) is 11.7 Å². The molecule has 3 fully saturated rings. The number of Topliss-reactive ketones (excluding diaryl/α,β-unsaturated/α-hetero) is 1. The number of benzene rings is 3. The van der Waals surface area contributed by atoms with Crippen LogP contribution in [0, 0.1) is 0 Å². The maximum absolute atomic E-state index is 13.8. The number of carbonyl (C=O) groups is 1. The van der Waals surface area contributed by atoms with Gasteiger partial charge in [0.05, 0.1) is 26.4 Å². The molecular weight excluding hydrogens is 484 g/mol. The van der Waals surface area contributed by atoms with E-state index in [1.807, 2.05) is 0 Å². The first-order valence-corrected chi connectivity index (χ1v) is 14.1. The summed E-state index contributed by atoms with van der Waals surface area (Å²) < 4.78 is 11.0. The van der Waals surface area contributed by atoms with Crippen LogP contribution in [0.1, 0.15) is 35.4 Å². The van der Waals surface area contributed by atoms with Crippen molar-refractivity contribution in [3.63, 3.8) is 0 Å². The van der Waals surface area contributed by atoms with E-state index in [1.165, 1.54) is 16.9 Å². The molecule has 0 unspecified atom stereocenters. The second-order valence-electron chi connectivity index (χ2n) is 10.6. The Morgan fingerprint density at radius 2 is 1.03 bits per heavy atom. The summed E-state index contributed by atoms with van der Waals surface area (Å²) in [5.74, 6) is 0.443. The zero-order valence-electron chi connectivity index (χ0n) is 22.4. The molecule has 0 amide bonds. The van der Waals surface area contributed by atoms with E-state index in [0.29, 0.717) is 0 Å². The Morgan fingerprint density at radius 3 is 1.46 bits per heavy atom. The molecule has 0 spiro atoms. The van der Waals surface area contributed by atoms with Crippen molar-refractivity contribution in [1.29, 1.82) is 0 Å². The fraction of sp³-hybridized carbons (Fsp3) is 0.324. The highest BCUT2D eigenvalue weighted by Gasteiger charge is 2.29. The fourth-order valence-corrected chi connectivity index (χ4v) is 5.81. The lowest BCUT2D eigenvalue weighted by atomic mass is 9.77. The molecule has 3 aromatic carbocycles. The van der Waals surface area contributed by atoms with Crippen molar-refractivity contribution in [3.05, 3.63) is 107 Å². The lowest BCUT2D eigenvalue weighted by Gasteiger charge is -2.29. The molecule has 2 heterocycles. The number of ether oxygens (including phenoxy) is 2. The minimum atomic E-state index is 0.164. The number of ketones is 1. The van der Waals surface area contributed by atoms with Crippen LogP contribution in [0.25, 0.3) is 12.2 Å². The van der Waals surface area contributed by atoms with Gasteiger partial charge in [-0.05, 0) is 71.9 Å². The summed E-state index contributed by atoms with van der Waals surface area (Å²) in [6, 6.07) is 27.8. The van der Waals surface area contributed by atoms with E-state index in [1.54, 1.807) is 0 Å². The summed E-state index contributed by atoms with van der Waals surface area (Å²) in [5.41, 5.74) is 7.59. The monoisotopic (exact) mass is 520 g/mol. The Balaban J connectivity index is 1.26. The molecule has 5 nitrogen and oxygen atoms in total. The van der Waals surface area contributed by atoms with Gasteiger partial charge < -0.3 is 19.3 Å². The van der Waals surface area contributed by atoms with E-state index in [2.05, 4.69) is 101 Å². The molecule has 2 saturated heterocycles. The molecule has 0 bridgehead atoms. The molecule has 39 heavy (non-hydrogen) atoms. The summed E-state index contributed by atoms with van der Waals surface area (Å²) in [6.45, 7) is 6.74. The van der Waals surface area contributed by atoms with Crippen molar-refractivity contribution in [2.45, 2.75) is 18.8 Å². The maximum Gasteiger partial charge on any atom is 0.185 e. The third-order valence-electron chi connectivity index (χ3n) is 8.01. The van der Waals surface area contributed by atoms with Gasteiger partial charge in [0.25, 0.3) is 0 Å². The lowest BCUT2D eigenvalue weighted by Crippen LogP contribution is -2.36. The van der Waals surface area contributed by atoms with Crippen LogP contribution < -0.4 is 9.80 Å². The van der Waals surface area contributed by atoms with E-state index in [0.717, 1.165) is 87.7 Å². The summed E-state index contributed by atoms with van der Waals surface area (Å²) in [4.78, 5) is 18.5. The Labute approximate surface area is 231 Å². The average molecular weight is 521 g/mol. The molecule has 0 N–H and O–H groups in total. The van der Waals surface area contributed by atoms with Gasteiger partial charge in [-0.2, -0.15) is 0 Å². The maximum atomic E-state index is 13.8. The molecule has 6 rings (SSSR count). The summed E-state index contributed by atoms with van der Waals surface area (Å²) in [7, 11) is 0. The SMILES string of the molecule is O=C1/C(=C/c2ccc(N3CCOCC3)cc2)CC(c2ccccc2)C/C1=C\c1ccc(N2CCOCC2)cc1. The highest BCUT2D eigenvalue weighted by molar-refractivity contribution is 6.14. The smallest absolute Gasteiger partial charge is 0.185 e. The van der Waals surface area contributed by atoms with Gasteiger partial charge >= 0.3 is 0 Å². The topological polar surface area (TPSA) is 42.0 Å². The van der Waals surface area contributed by atoms with Crippen molar-refractivity contribution >= 4 is 29.3 Å². The largest absolute Gasteiger partial charge is 0.378 e. The molecule has 0 atom stereocenters. The Kier molecular flexibility index (Phi) is 7.89. The van der Waals surface area contributed by atoms with Gasteiger partial charge in [0.2, 0.25) is 0 Å². The molecular formula is C34H36N2O3. The zero-order chi connectivity index (χ0) is 26.4. The van der Waals surface area contributed by atoms with Gasteiger partial charge in [-0.3, -0.25) is 4.79 Å². The minimum Gasteiger partial charge on any atom is -0.378 e. The van der Waals surface area contributed by atoms with Gasteiger partial charge in [-0.15, -0.1) is 0 Å². The summed E-state index contributed by atoms with van der Waals surface area (Å²) in [5, 5.41) is 0. The first-order chi connectivity index (χ1) is 19.2. The van der Waals surface area contributed by atoms with Crippen molar-refractivity contribution in [2.75, 3.05) is 62.4 Å². The van der Waals surface area contributed by atoms with Gasteiger partial charge in [0, 0.05) is 48.7 Å². The molecule has 3 aliphatic rings. The minimum absolute atomic E-state index is 0.164. The zero-order valence-corrected chi connectivity index (χ0v) is 22.4. The molecule has 0 radical (unpaired) electrons. The van der Waals surface area contributed by atoms with Gasteiger partial charge in [0.1, 0.15) is 0 Å². The van der Waals surface area contributed by atoms with Crippen LogP contribution in [0.3, 0.4) is 0 Å². The predicted molar refractivity (Wildman–Crippen MR) is 158 cm³/mol. The molecule has 2 aliphatic heterocycles. The van der Waals surface area contributed by atoms with E-state index in [9.17, 15) is 4.79 Å². The van der Waals surface area contributed by atoms with Crippen molar-refractivity contribution < 1.29 is 14.3 Å². The average Bonchev–Trinajstić information content (AvgIpc) is 3.01. The highest BCUT2D eigenvalue weighted by Crippen LogP contribution is 2.38. The third-order valence-corrected chi connectivity index (χ3v) is 8.01. The number of carbonyl (C=O) groups excluding carboxylic acids is 1. The lowest BCUT2D eigenvalue weighted by molar-refractivity contribution is -0.113. The van der Waals surface area contributed by atoms with Crippen LogP contribution in [0.2, 0.25) is 0 Å². The van der Waals surface area contributed by atoms with Gasteiger partial charge in [-0.1, -0.05) is 54.6 Å². The molecule has 1 aliphatic carbocycles. The van der Waals surface area contributed by atoms with Crippen molar-refractivity contribution in [2.24, 2.45) is 0 Å². The number of rotatable bonds is 5. The number of anilines is 2. The Morgan fingerprint density at radius 1 is 0.590 bits per heavy atom. The van der Waals surface area contributed by atoms with Crippen LogP contribution in [0.4, 0.5) is 11.4 Å². The highest BCUT2D eigenvalue weighted by atomic mass is 16.5. The van der Waals surface area contributed by atoms with Gasteiger partial charge in [-0.25, -0.2) is 0 Å². The standard InChI is InChI=1S/C34H36N2O3/c37-34-30(22-26-6-10-32(11-7-26)35-14-18-38-19-15-35)24-29(28-4-2-1-3-5-28)25-31(34)23-27-8-12-33(13-9-27)36-16-20-39-21-17-36/h1-13,22-23,29H,14-21,24-25H2/b30-22+,31-23+. The van der Waals surface area contributed by atoms with Crippen LogP contribution in [0.5, 0.6) is 0 Å². The van der Waals surface area contributed by atoms with Crippen LogP contribution in [0.15, 0.2) is 90.0 Å². The molecule has 0 aromatic heterocycles. The van der Waals surface area contributed by atoms with E-state index >= 15 is 0 Å². The van der Waals surface area contributed by atoms with Crippen molar-refractivity contribution in [3.8, 4) is 0 Å². The first kappa shape index (κ1) is 25.6. The molecule has 1 saturated carbocycles. The second-order valence-corrected chi connectivity index (χ2v) is 10.6. The summed E-state index contributed by atoms with van der Waals surface area (Å²) in [6.07, 6.45) is 5.69. The summed E-state index contributed by atoms with van der Waals surface area (Å²) >= 11 is 0. The number of morpholine rings is 2. The molecule has 5 heteroatoms. The first-order valence-electron chi connectivity index (χ1n) is 14.1. The Bertz CT molecular complexity index is 1230. The third kappa shape index (κ3) is 6.16. The number of hydrogen-bond acceptors (Lipinski definition) is 5. The van der Waals surface area contributed by atoms with Gasteiger partial charge in [0.15, 0.2) is 5.78 Å². The molecule has 200 valence electrons. The number of hydrogen-bond donors (Lipinski definition) is 0. The van der Waals surface area contributed by atoms with Crippen LogP contribution in [-0.2, 0) is 14.3 Å². The molecule has 3 aromatic rings. The fourth-order valence-electron chi connectivity index (χ4n) is 5.81. The predicted octanol–water partition coefficient (Wildman–Crippen LogP) is 5.97. The number of allylic oxidation sites excluding steroid dienone is 2. The van der Waals surface area contributed by atoms with Crippen LogP contribution >= 0.6 is 0 Å².